The fraction of sp³-hybridized carbons (Fsp3) is 0.308. The molecule has 0 saturated heterocycles. The molecule has 5 nitrogen and oxygen atoms in total. The van der Waals surface area contributed by atoms with E-state index in [-0.39, 0.29) is 4.90 Å². The molecule has 0 saturated carbocycles. The highest BCUT2D eigenvalue weighted by molar-refractivity contribution is 9.11. The normalized spacial score (nSPS) is 11.8. The number of pyridine rings is 1. The van der Waals surface area contributed by atoms with E-state index < -0.39 is 10.0 Å². The summed E-state index contributed by atoms with van der Waals surface area (Å²) in [5.41, 5.74) is 0.951. The van der Waals surface area contributed by atoms with Crippen LogP contribution in [-0.2, 0) is 16.6 Å². The molecular weight excluding hydrogens is 374 g/mol. The number of hydrogen-bond donors (Lipinski definition) is 1. The lowest BCUT2D eigenvalue weighted by molar-refractivity contribution is 0.467. The van der Waals surface area contributed by atoms with Gasteiger partial charge in [0.15, 0.2) is 0 Å². The quantitative estimate of drug-likeness (QED) is 0.823. The van der Waals surface area contributed by atoms with Crippen LogP contribution in [0, 0.1) is 0 Å². The molecule has 0 unspecified atom stereocenters. The summed E-state index contributed by atoms with van der Waals surface area (Å²) >= 11 is 4.91. The van der Waals surface area contributed by atoms with Gasteiger partial charge in [0, 0.05) is 26.3 Å². The minimum Gasteiger partial charge on any atom is -0.369 e. The van der Waals surface area contributed by atoms with Crippen molar-refractivity contribution < 1.29 is 8.42 Å². The lowest BCUT2D eigenvalue weighted by Gasteiger charge is -2.18. The molecule has 0 spiro atoms. The average molecular weight is 390 g/mol. The van der Waals surface area contributed by atoms with E-state index in [2.05, 4.69) is 26.2 Å². The molecule has 2 heterocycles. The van der Waals surface area contributed by atoms with Crippen molar-refractivity contribution in [1.82, 2.24) is 9.29 Å². The number of hydrogen-bond acceptors (Lipinski definition) is 5. The second-order valence-corrected chi connectivity index (χ2v) is 8.70. The Labute approximate surface area is 137 Å². The number of halogens is 1. The highest BCUT2D eigenvalue weighted by Crippen LogP contribution is 2.25. The summed E-state index contributed by atoms with van der Waals surface area (Å²) in [4.78, 5) is 4.30. The molecule has 0 atom stereocenters. The topological polar surface area (TPSA) is 62.3 Å². The van der Waals surface area contributed by atoms with Gasteiger partial charge >= 0.3 is 0 Å². The fourth-order valence-electron chi connectivity index (χ4n) is 1.84. The predicted octanol–water partition coefficient (Wildman–Crippen LogP) is 3.16. The van der Waals surface area contributed by atoms with Crippen molar-refractivity contribution in [3.63, 3.8) is 0 Å². The maximum Gasteiger partial charge on any atom is 0.246 e. The summed E-state index contributed by atoms with van der Waals surface area (Å²) in [6.45, 7) is 2.84. The third-order valence-corrected chi connectivity index (χ3v) is 6.22. The van der Waals surface area contributed by atoms with Crippen LogP contribution in [0.1, 0.15) is 12.5 Å². The Kier molecular flexibility index (Phi) is 5.37. The van der Waals surface area contributed by atoms with Crippen molar-refractivity contribution in [2.45, 2.75) is 18.4 Å². The van der Waals surface area contributed by atoms with E-state index in [0.717, 1.165) is 9.35 Å². The molecule has 2 aromatic rings. The van der Waals surface area contributed by atoms with Gasteiger partial charge in [0.1, 0.15) is 10.7 Å². The molecule has 0 aliphatic rings. The van der Waals surface area contributed by atoms with E-state index in [0.29, 0.717) is 18.9 Å². The zero-order valence-corrected chi connectivity index (χ0v) is 14.9. The molecule has 0 radical (unpaired) electrons. The molecule has 114 valence electrons. The molecule has 0 aliphatic heterocycles. The standard InChI is InChI=1S/C13H16BrN3O2S2/c1-3-15-13-11(5-4-6-16-13)21(18,19)17(2)8-10-7-12(14)20-9-10/h4-7,9H,3,8H2,1-2H3,(H,15,16). The van der Waals surface area contributed by atoms with Gasteiger partial charge < -0.3 is 5.32 Å². The minimum atomic E-state index is -3.58. The van der Waals surface area contributed by atoms with E-state index in [1.807, 2.05) is 18.4 Å². The average Bonchev–Trinajstić information content (AvgIpc) is 2.85. The minimum absolute atomic E-state index is 0.198. The Morgan fingerprint density at radius 3 is 2.86 bits per heavy atom. The molecule has 0 aromatic carbocycles. The summed E-state index contributed by atoms with van der Waals surface area (Å²) in [7, 11) is -2.01. The lowest BCUT2D eigenvalue weighted by Crippen LogP contribution is -2.27. The van der Waals surface area contributed by atoms with Gasteiger partial charge in [0.2, 0.25) is 10.0 Å². The molecule has 0 amide bonds. The van der Waals surface area contributed by atoms with Gasteiger partial charge in [0.25, 0.3) is 0 Å². The summed E-state index contributed by atoms with van der Waals surface area (Å²) in [6.07, 6.45) is 1.58. The number of nitrogens with one attached hydrogen (secondary N) is 1. The number of sulfonamides is 1. The van der Waals surface area contributed by atoms with Crippen LogP contribution in [0.2, 0.25) is 0 Å². The van der Waals surface area contributed by atoms with E-state index >= 15 is 0 Å². The van der Waals surface area contributed by atoms with Gasteiger partial charge in [-0.25, -0.2) is 13.4 Å². The second-order valence-electron chi connectivity index (χ2n) is 4.40. The van der Waals surface area contributed by atoms with Crippen LogP contribution >= 0.6 is 27.3 Å². The van der Waals surface area contributed by atoms with Crippen molar-refractivity contribution >= 4 is 43.1 Å². The molecule has 0 aliphatic carbocycles. The van der Waals surface area contributed by atoms with Gasteiger partial charge in [-0.05, 0) is 52.0 Å². The Bertz CT molecular complexity index is 716. The zero-order valence-electron chi connectivity index (χ0n) is 11.7. The Morgan fingerprint density at radius 1 is 1.48 bits per heavy atom. The number of rotatable bonds is 6. The summed E-state index contributed by atoms with van der Waals surface area (Å²) in [6, 6.07) is 5.12. The first-order valence-corrected chi connectivity index (χ1v) is 9.44. The Hall–Kier alpha value is -0.960. The molecule has 0 bridgehead atoms. The molecule has 0 fully saturated rings. The SMILES string of the molecule is CCNc1ncccc1S(=O)(=O)N(C)Cc1csc(Br)c1. The van der Waals surface area contributed by atoms with Crippen LogP contribution in [0.15, 0.2) is 38.5 Å². The van der Waals surface area contributed by atoms with Crippen molar-refractivity contribution in [3.05, 3.63) is 39.1 Å². The predicted molar refractivity (Wildman–Crippen MR) is 89.1 cm³/mol. The molecular formula is C13H16BrN3O2S2. The summed E-state index contributed by atoms with van der Waals surface area (Å²) < 4.78 is 27.7. The van der Waals surface area contributed by atoms with Crippen LogP contribution in [-0.4, -0.2) is 31.3 Å². The highest BCUT2D eigenvalue weighted by atomic mass is 79.9. The second kappa shape index (κ2) is 6.87. The van der Waals surface area contributed by atoms with E-state index in [1.165, 1.54) is 15.6 Å². The van der Waals surface area contributed by atoms with Gasteiger partial charge in [-0.15, -0.1) is 11.3 Å². The van der Waals surface area contributed by atoms with Gasteiger partial charge in [-0.1, -0.05) is 0 Å². The molecule has 8 heteroatoms. The van der Waals surface area contributed by atoms with Gasteiger partial charge in [-0.2, -0.15) is 4.31 Å². The van der Waals surface area contributed by atoms with Crippen LogP contribution in [0.25, 0.3) is 0 Å². The molecule has 21 heavy (non-hydrogen) atoms. The fourth-order valence-corrected chi connectivity index (χ4v) is 4.31. The van der Waals surface area contributed by atoms with Crippen molar-refractivity contribution in [3.8, 4) is 0 Å². The molecule has 2 aromatic heterocycles. The number of thiophene rings is 1. The Balaban J connectivity index is 2.28. The monoisotopic (exact) mass is 389 g/mol. The third kappa shape index (κ3) is 3.82. The first-order chi connectivity index (χ1) is 9.95. The smallest absolute Gasteiger partial charge is 0.246 e. The van der Waals surface area contributed by atoms with Crippen LogP contribution in [0.3, 0.4) is 0 Å². The van der Waals surface area contributed by atoms with E-state index in [1.54, 1.807) is 25.4 Å². The maximum absolute atomic E-state index is 12.7. The molecule has 2 rings (SSSR count). The lowest BCUT2D eigenvalue weighted by atomic mass is 10.3. The Morgan fingerprint density at radius 2 is 2.24 bits per heavy atom. The number of anilines is 1. The zero-order chi connectivity index (χ0) is 15.5. The van der Waals surface area contributed by atoms with Crippen molar-refractivity contribution in [2.75, 3.05) is 18.9 Å². The molecule has 1 N–H and O–H groups in total. The maximum atomic E-state index is 12.7. The van der Waals surface area contributed by atoms with Crippen LogP contribution in [0.5, 0.6) is 0 Å². The largest absolute Gasteiger partial charge is 0.369 e. The van der Waals surface area contributed by atoms with Crippen LogP contribution in [0.4, 0.5) is 5.82 Å². The van der Waals surface area contributed by atoms with E-state index in [4.69, 9.17) is 0 Å². The third-order valence-electron chi connectivity index (χ3n) is 2.83. The number of aromatic nitrogens is 1. The summed E-state index contributed by atoms with van der Waals surface area (Å²) in [5, 5.41) is 4.92. The number of nitrogens with zero attached hydrogens (tertiary/aromatic N) is 2. The van der Waals surface area contributed by atoms with Gasteiger partial charge in [-0.3, -0.25) is 0 Å². The highest BCUT2D eigenvalue weighted by Gasteiger charge is 2.24. The van der Waals surface area contributed by atoms with Crippen molar-refractivity contribution in [2.24, 2.45) is 0 Å². The first kappa shape index (κ1) is 16.4. The first-order valence-electron chi connectivity index (χ1n) is 6.33. The van der Waals surface area contributed by atoms with Crippen molar-refractivity contribution in [1.29, 1.82) is 0 Å². The van der Waals surface area contributed by atoms with Gasteiger partial charge in [0.05, 0.1) is 3.79 Å². The summed E-state index contributed by atoms with van der Waals surface area (Å²) in [5.74, 6) is 0.387. The van der Waals surface area contributed by atoms with Crippen LogP contribution < -0.4 is 5.32 Å². The van der Waals surface area contributed by atoms with E-state index in [9.17, 15) is 8.42 Å².